The number of nitrogens with two attached hydrogens (primary N) is 1. The molecule has 0 aliphatic heterocycles. The zero-order chi connectivity index (χ0) is 18.9. The summed E-state index contributed by atoms with van der Waals surface area (Å²) in [5, 5.41) is 7.57. The molecule has 1 heterocycles. The highest BCUT2D eigenvalue weighted by atomic mass is 35.5. The number of benzene rings is 2. The van der Waals surface area contributed by atoms with Gasteiger partial charge >= 0.3 is 0 Å². The van der Waals surface area contributed by atoms with Crippen LogP contribution in [0.4, 0.5) is 17.6 Å². The zero-order valence-corrected chi connectivity index (χ0v) is 15.7. The van der Waals surface area contributed by atoms with Gasteiger partial charge in [-0.25, -0.2) is 0 Å². The van der Waals surface area contributed by atoms with Crippen molar-refractivity contribution in [2.75, 3.05) is 18.2 Å². The van der Waals surface area contributed by atoms with E-state index in [-0.39, 0.29) is 27.6 Å². The first-order valence-electron chi connectivity index (χ1n) is 7.15. The number of aromatic nitrogens is 3. The first-order valence-corrected chi connectivity index (χ1v) is 9.35. The van der Waals surface area contributed by atoms with Crippen molar-refractivity contribution in [2.45, 2.75) is 4.90 Å². The van der Waals surface area contributed by atoms with E-state index in [1.165, 1.54) is 25.3 Å². The van der Waals surface area contributed by atoms with Crippen LogP contribution in [-0.2, 0) is 10.0 Å². The lowest BCUT2D eigenvalue weighted by Crippen LogP contribution is -2.18. The monoisotopic (exact) mass is 413 g/mol. The SMILES string of the molecule is COc1ccc(Cl)cc1S(=O)(=O)n1nc(Nc2ccc(Cl)cc2)nc1N. The van der Waals surface area contributed by atoms with Gasteiger partial charge in [0.05, 0.1) is 7.11 Å². The summed E-state index contributed by atoms with van der Waals surface area (Å²) in [6.07, 6.45) is 0. The minimum atomic E-state index is -4.17. The second-order valence-corrected chi connectivity index (χ2v) is 7.68. The largest absolute Gasteiger partial charge is 0.495 e. The van der Waals surface area contributed by atoms with E-state index in [0.717, 1.165) is 0 Å². The summed E-state index contributed by atoms with van der Waals surface area (Å²) in [5.74, 6) is -0.200. The van der Waals surface area contributed by atoms with Gasteiger partial charge < -0.3 is 15.8 Å². The van der Waals surface area contributed by atoms with E-state index in [1.807, 2.05) is 0 Å². The first kappa shape index (κ1) is 18.3. The fourth-order valence-electron chi connectivity index (χ4n) is 2.15. The topological polar surface area (TPSA) is 112 Å². The fourth-order valence-corrected chi connectivity index (χ4v) is 3.85. The molecule has 11 heteroatoms. The molecule has 0 radical (unpaired) electrons. The van der Waals surface area contributed by atoms with E-state index in [9.17, 15) is 8.42 Å². The van der Waals surface area contributed by atoms with Gasteiger partial charge in [0.1, 0.15) is 10.6 Å². The van der Waals surface area contributed by atoms with Gasteiger partial charge in [0.25, 0.3) is 10.0 Å². The third-order valence-corrected chi connectivity index (χ3v) is 5.42. The number of hydrogen-bond acceptors (Lipinski definition) is 7. The highest BCUT2D eigenvalue weighted by Crippen LogP contribution is 2.30. The second-order valence-electron chi connectivity index (χ2n) is 5.07. The van der Waals surface area contributed by atoms with Gasteiger partial charge in [-0.3, -0.25) is 0 Å². The summed E-state index contributed by atoms with van der Waals surface area (Å²) in [5.41, 5.74) is 6.36. The summed E-state index contributed by atoms with van der Waals surface area (Å²) in [7, 11) is -2.82. The van der Waals surface area contributed by atoms with Crippen LogP contribution in [0.3, 0.4) is 0 Å². The van der Waals surface area contributed by atoms with Crippen molar-refractivity contribution in [3.63, 3.8) is 0 Å². The third kappa shape index (κ3) is 3.55. The van der Waals surface area contributed by atoms with Crippen LogP contribution in [-0.4, -0.2) is 29.7 Å². The quantitative estimate of drug-likeness (QED) is 0.660. The highest BCUT2D eigenvalue weighted by molar-refractivity contribution is 7.90. The number of nitrogen functional groups attached to an aromatic ring is 1. The summed E-state index contributed by atoms with van der Waals surface area (Å²) in [4.78, 5) is 3.75. The number of anilines is 3. The Balaban J connectivity index is 2.00. The molecule has 0 aliphatic rings. The molecule has 3 N–H and O–H groups in total. The maximum absolute atomic E-state index is 12.9. The lowest BCUT2D eigenvalue weighted by molar-refractivity contribution is 0.402. The second kappa shape index (κ2) is 7.02. The minimum absolute atomic E-state index is 0.00870. The maximum Gasteiger partial charge on any atom is 0.290 e. The Labute approximate surface area is 159 Å². The van der Waals surface area contributed by atoms with Gasteiger partial charge in [0.2, 0.25) is 11.9 Å². The molecule has 0 unspecified atom stereocenters. The van der Waals surface area contributed by atoms with Crippen molar-refractivity contribution in [1.29, 1.82) is 0 Å². The average Bonchev–Trinajstić information content (AvgIpc) is 2.98. The van der Waals surface area contributed by atoms with E-state index in [1.54, 1.807) is 24.3 Å². The molecule has 0 amide bonds. The van der Waals surface area contributed by atoms with Gasteiger partial charge in [0, 0.05) is 15.7 Å². The van der Waals surface area contributed by atoms with Crippen LogP contribution in [0.5, 0.6) is 5.75 Å². The lowest BCUT2D eigenvalue weighted by atomic mass is 10.3. The molecule has 0 atom stereocenters. The van der Waals surface area contributed by atoms with Gasteiger partial charge in [-0.15, -0.1) is 9.19 Å². The van der Waals surface area contributed by atoms with Crippen molar-refractivity contribution >= 4 is 50.8 Å². The predicted octanol–water partition coefficient (Wildman–Crippen LogP) is 3.16. The Morgan fingerprint density at radius 1 is 1.12 bits per heavy atom. The molecule has 0 saturated carbocycles. The number of methoxy groups -OCH3 is 1. The van der Waals surface area contributed by atoms with Crippen LogP contribution >= 0.6 is 23.2 Å². The minimum Gasteiger partial charge on any atom is -0.495 e. The van der Waals surface area contributed by atoms with Crippen LogP contribution in [0.15, 0.2) is 47.4 Å². The van der Waals surface area contributed by atoms with Crippen LogP contribution in [0.25, 0.3) is 0 Å². The predicted molar refractivity (Wildman–Crippen MR) is 99.8 cm³/mol. The van der Waals surface area contributed by atoms with Crippen LogP contribution in [0.1, 0.15) is 0 Å². The number of hydrogen-bond donors (Lipinski definition) is 2. The van der Waals surface area contributed by atoms with E-state index < -0.39 is 10.0 Å². The third-order valence-electron chi connectivity index (χ3n) is 3.33. The number of nitrogens with one attached hydrogen (secondary N) is 1. The maximum atomic E-state index is 12.9. The molecule has 3 aromatic rings. The summed E-state index contributed by atoms with van der Waals surface area (Å²) < 4.78 is 31.5. The Hall–Kier alpha value is -2.49. The van der Waals surface area contributed by atoms with E-state index >= 15 is 0 Å². The molecule has 3 rings (SSSR count). The van der Waals surface area contributed by atoms with Gasteiger partial charge in [-0.05, 0) is 42.5 Å². The molecule has 0 fully saturated rings. The molecule has 2 aromatic carbocycles. The van der Waals surface area contributed by atoms with Crippen molar-refractivity contribution in [1.82, 2.24) is 14.2 Å². The summed E-state index contributed by atoms with van der Waals surface area (Å²) in [6.45, 7) is 0. The molecule has 0 saturated heterocycles. The smallest absolute Gasteiger partial charge is 0.290 e. The molecule has 1 aromatic heterocycles. The standard InChI is InChI=1S/C15H13Cl2N5O3S/c1-25-12-7-4-10(17)8-13(12)26(23,24)22-14(18)20-15(21-22)19-11-5-2-9(16)3-6-11/h2-8H,1H3,(H3,18,19,20,21). The van der Waals surface area contributed by atoms with Crippen LogP contribution < -0.4 is 15.8 Å². The Kier molecular flexibility index (Phi) is 4.94. The Bertz CT molecular complexity index is 1050. The number of nitrogens with zero attached hydrogens (tertiary/aromatic N) is 3. The van der Waals surface area contributed by atoms with E-state index in [4.69, 9.17) is 33.7 Å². The molecule has 136 valence electrons. The van der Waals surface area contributed by atoms with Gasteiger partial charge in [-0.2, -0.15) is 13.4 Å². The van der Waals surface area contributed by atoms with Crippen molar-refractivity contribution in [3.8, 4) is 5.75 Å². The lowest BCUT2D eigenvalue weighted by Gasteiger charge is -2.10. The van der Waals surface area contributed by atoms with Crippen LogP contribution in [0, 0.1) is 0 Å². The summed E-state index contributed by atoms with van der Waals surface area (Å²) in [6, 6.07) is 10.9. The van der Waals surface area contributed by atoms with E-state index in [0.29, 0.717) is 14.8 Å². The molecular formula is C15H13Cl2N5O3S. The molecule has 0 bridgehead atoms. The molecular weight excluding hydrogens is 401 g/mol. The van der Waals surface area contributed by atoms with Crippen molar-refractivity contribution < 1.29 is 13.2 Å². The normalized spacial score (nSPS) is 11.3. The number of halogens is 2. The average molecular weight is 414 g/mol. The number of rotatable bonds is 5. The molecule has 0 spiro atoms. The molecule has 0 aliphatic carbocycles. The molecule has 26 heavy (non-hydrogen) atoms. The van der Waals surface area contributed by atoms with E-state index in [2.05, 4.69) is 15.4 Å². The zero-order valence-electron chi connectivity index (χ0n) is 13.3. The Morgan fingerprint density at radius 2 is 1.77 bits per heavy atom. The fraction of sp³-hybridized carbons (Fsp3) is 0.0667. The van der Waals surface area contributed by atoms with Crippen molar-refractivity contribution in [2.24, 2.45) is 0 Å². The Morgan fingerprint density at radius 3 is 2.42 bits per heavy atom. The highest BCUT2D eigenvalue weighted by Gasteiger charge is 2.26. The van der Waals surface area contributed by atoms with Gasteiger partial charge in [0.15, 0.2) is 0 Å². The van der Waals surface area contributed by atoms with Gasteiger partial charge in [-0.1, -0.05) is 23.2 Å². The number of ether oxygens (including phenoxy) is 1. The summed E-state index contributed by atoms with van der Waals surface area (Å²) >= 11 is 11.7. The first-order chi connectivity index (χ1) is 12.3. The van der Waals surface area contributed by atoms with Crippen LogP contribution in [0.2, 0.25) is 10.0 Å². The van der Waals surface area contributed by atoms with Crippen molar-refractivity contribution in [3.05, 3.63) is 52.5 Å². The molecule has 8 nitrogen and oxygen atoms in total.